The van der Waals surface area contributed by atoms with Gasteiger partial charge in [-0.2, -0.15) is 0 Å². The molecule has 1 saturated heterocycles. The summed E-state index contributed by atoms with van der Waals surface area (Å²) in [4.78, 5) is 16.6. The van der Waals surface area contributed by atoms with Gasteiger partial charge in [-0.1, -0.05) is 26.0 Å². The minimum Gasteiger partial charge on any atom is -0.337 e. The van der Waals surface area contributed by atoms with Crippen molar-refractivity contribution in [2.24, 2.45) is 0 Å². The van der Waals surface area contributed by atoms with E-state index in [1.807, 2.05) is 24.1 Å². The van der Waals surface area contributed by atoms with Gasteiger partial charge in [0.15, 0.2) is 0 Å². The predicted molar refractivity (Wildman–Crippen MR) is 78.5 cm³/mol. The van der Waals surface area contributed by atoms with E-state index >= 15 is 0 Å². The van der Waals surface area contributed by atoms with Crippen molar-refractivity contribution in [2.45, 2.75) is 32.2 Å². The summed E-state index contributed by atoms with van der Waals surface area (Å²) in [6.45, 7) is 6.38. The molecule has 1 aromatic carbocycles. The van der Waals surface area contributed by atoms with Gasteiger partial charge in [0, 0.05) is 25.2 Å². The summed E-state index contributed by atoms with van der Waals surface area (Å²) in [5.74, 6) is 0.640. The lowest BCUT2D eigenvalue weighted by Gasteiger charge is -2.24. The molecule has 3 heteroatoms. The van der Waals surface area contributed by atoms with E-state index in [9.17, 15) is 4.79 Å². The van der Waals surface area contributed by atoms with E-state index in [1.165, 1.54) is 5.56 Å². The van der Waals surface area contributed by atoms with Crippen LogP contribution in [-0.4, -0.2) is 48.9 Å². The number of benzene rings is 1. The Hall–Kier alpha value is -1.35. The van der Waals surface area contributed by atoms with Crippen molar-refractivity contribution in [2.75, 3.05) is 27.2 Å². The second kappa shape index (κ2) is 5.74. The molecule has 0 aromatic heterocycles. The van der Waals surface area contributed by atoms with E-state index in [2.05, 4.69) is 37.9 Å². The van der Waals surface area contributed by atoms with Gasteiger partial charge in [-0.25, -0.2) is 0 Å². The van der Waals surface area contributed by atoms with Gasteiger partial charge in [0.05, 0.1) is 0 Å². The molecule has 1 aromatic rings. The molecule has 0 spiro atoms. The summed E-state index contributed by atoms with van der Waals surface area (Å²) in [7, 11) is 4.03. The largest absolute Gasteiger partial charge is 0.337 e. The molecule has 1 atom stereocenters. The number of nitrogens with zero attached hydrogens (tertiary/aromatic N) is 2. The maximum atomic E-state index is 12.4. The molecule has 1 amide bonds. The van der Waals surface area contributed by atoms with Crippen molar-refractivity contribution in [3.63, 3.8) is 0 Å². The van der Waals surface area contributed by atoms with Crippen LogP contribution in [0.1, 0.15) is 42.1 Å². The summed E-state index contributed by atoms with van der Waals surface area (Å²) in [6, 6.07) is 8.38. The molecule has 104 valence electrons. The minimum atomic E-state index is 0.135. The standard InChI is InChI=1S/C16H24N2O/c1-12(2)13-5-7-14(8-6-13)16(19)18(4)15-9-10-17(3)11-15/h5-8,12,15H,9-11H2,1-4H3. The topological polar surface area (TPSA) is 23.6 Å². The highest BCUT2D eigenvalue weighted by Gasteiger charge is 2.26. The molecule has 0 bridgehead atoms. The van der Waals surface area contributed by atoms with Crippen LogP contribution in [-0.2, 0) is 0 Å². The molecular weight excluding hydrogens is 236 g/mol. The van der Waals surface area contributed by atoms with Gasteiger partial charge < -0.3 is 9.80 Å². The summed E-state index contributed by atoms with van der Waals surface area (Å²) in [5.41, 5.74) is 2.07. The second-order valence-electron chi connectivity index (χ2n) is 5.90. The quantitative estimate of drug-likeness (QED) is 0.834. The Kier molecular flexibility index (Phi) is 4.25. The van der Waals surface area contributed by atoms with Gasteiger partial charge in [-0.15, -0.1) is 0 Å². The highest BCUT2D eigenvalue weighted by Crippen LogP contribution is 2.18. The lowest BCUT2D eigenvalue weighted by molar-refractivity contribution is 0.0737. The molecule has 1 unspecified atom stereocenters. The monoisotopic (exact) mass is 260 g/mol. The summed E-state index contributed by atoms with van der Waals surface area (Å²) in [5, 5.41) is 0. The zero-order chi connectivity index (χ0) is 14.0. The average molecular weight is 260 g/mol. The number of hydrogen-bond acceptors (Lipinski definition) is 2. The van der Waals surface area contributed by atoms with Crippen molar-refractivity contribution in [3.05, 3.63) is 35.4 Å². The van der Waals surface area contributed by atoms with Gasteiger partial charge in [0.2, 0.25) is 0 Å². The Balaban J connectivity index is 2.06. The molecule has 0 aliphatic carbocycles. The molecule has 0 N–H and O–H groups in total. The van der Waals surface area contributed by atoms with Crippen LogP contribution in [0, 0.1) is 0 Å². The van der Waals surface area contributed by atoms with Crippen molar-refractivity contribution in [1.82, 2.24) is 9.80 Å². The molecular formula is C16H24N2O. The van der Waals surface area contributed by atoms with Crippen LogP contribution in [0.5, 0.6) is 0 Å². The number of hydrogen-bond donors (Lipinski definition) is 0. The lowest BCUT2D eigenvalue weighted by Crippen LogP contribution is -2.38. The summed E-state index contributed by atoms with van der Waals surface area (Å²) < 4.78 is 0. The zero-order valence-electron chi connectivity index (χ0n) is 12.4. The minimum absolute atomic E-state index is 0.135. The van der Waals surface area contributed by atoms with Crippen LogP contribution in [0.2, 0.25) is 0 Å². The van der Waals surface area contributed by atoms with Crippen LogP contribution in [0.15, 0.2) is 24.3 Å². The molecule has 1 heterocycles. The van der Waals surface area contributed by atoms with Crippen molar-refractivity contribution < 1.29 is 4.79 Å². The fourth-order valence-electron chi connectivity index (χ4n) is 2.61. The molecule has 1 aliphatic rings. The number of carbonyl (C=O) groups excluding carboxylic acids is 1. The third-order valence-corrected chi connectivity index (χ3v) is 4.06. The number of amides is 1. The van der Waals surface area contributed by atoms with Crippen LogP contribution >= 0.6 is 0 Å². The second-order valence-corrected chi connectivity index (χ2v) is 5.90. The predicted octanol–water partition coefficient (Wildman–Crippen LogP) is 2.59. The average Bonchev–Trinajstić information content (AvgIpc) is 2.84. The Bertz CT molecular complexity index is 439. The maximum Gasteiger partial charge on any atom is 0.253 e. The number of rotatable bonds is 3. The van der Waals surface area contributed by atoms with Gasteiger partial charge >= 0.3 is 0 Å². The first-order valence-electron chi connectivity index (χ1n) is 7.04. The van der Waals surface area contributed by atoms with Gasteiger partial charge in [-0.05, 0) is 43.6 Å². The zero-order valence-corrected chi connectivity index (χ0v) is 12.4. The molecule has 1 aliphatic heterocycles. The lowest BCUT2D eigenvalue weighted by atomic mass is 10.0. The molecule has 0 radical (unpaired) electrons. The first-order valence-corrected chi connectivity index (χ1v) is 7.04. The summed E-state index contributed by atoms with van der Waals surface area (Å²) >= 11 is 0. The van der Waals surface area contributed by atoms with E-state index in [0.29, 0.717) is 12.0 Å². The first kappa shape index (κ1) is 14.1. The highest BCUT2D eigenvalue weighted by molar-refractivity contribution is 5.94. The van der Waals surface area contributed by atoms with E-state index in [0.717, 1.165) is 25.1 Å². The van der Waals surface area contributed by atoms with E-state index < -0.39 is 0 Å². The van der Waals surface area contributed by atoms with Crippen LogP contribution in [0.3, 0.4) is 0 Å². The maximum absolute atomic E-state index is 12.4. The Morgan fingerprint density at radius 3 is 2.42 bits per heavy atom. The molecule has 0 saturated carbocycles. The van der Waals surface area contributed by atoms with Gasteiger partial charge in [0.25, 0.3) is 5.91 Å². The van der Waals surface area contributed by atoms with Gasteiger partial charge in [0.1, 0.15) is 0 Å². The molecule has 3 nitrogen and oxygen atoms in total. The van der Waals surface area contributed by atoms with E-state index in [4.69, 9.17) is 0 Å². The number of likely N-dealkylation sites (tertiary alicyclic amines) is 1. The van der Waals surface area contributed by atoms with Crippen LogP contribution in [0.4, 0.5) is 0 Å². The smallest absolute Gasteiger partial charge is 0.253 e. The van der Waals surface area contributed by atoms with Crippen molar-refractivity contribution in [1.29, 1.82) is 0 Å². The Labute approximate surface area is 116 Å². The van der Waals surface area contributed by atoms with Gasteiger partial charge in [-0.3, -0.25) is 4.79 Å². The van der Waals surface area contributed by atoms with Crippen LogP contribution < -0.4 is 0 Å². The van der Waals surface area contributed by atoms with Crippen LogP contribution in [0.25, 0.3) is 0 Å². The molecule has 1 fully saturated rings. The third-order valence-electron chi connectivity index (χ3n) is 4.06. The molecule has 19 heavy (non-hydrogen) atoms. The van der Waals surface area contributed by atoms with Crippen molar-refractivity contribution in [3.8, 4) is 0 Å². The van der Waals surface area contributed by atoms with E-state index in [-0.39, 0.29) is 5.91 Å². The highest BCUT2D eigenvalue weighted by atomic mass is 16.2. The SMILES string of the molecule is CC(C)c1ccc(C(=O)N(C)C2CCN(C)C2)cc1. The Morgan fingerprint density at radius 1 is 1.32 bits per heavy atom. The normalized spacial score (nSPS) is 19.9. The first-order chi connectivity index (χ1) is 8.99. The van der Waals surface area contributed by atoms with E-state index in [1.54, 1.807) is 0 Å². The number of carbonyl (C=O) groups is 1. The molecule has 2 rings (SSSR count). The fraction of sp³-hybridized carbons (Fsp3) is 0.562. The summed E-state index contributed by atoms with van der Waals surface area (Å²) in [6.07, 6.45) is 1.07. The third kappa shape index (κ3) is 3.16. The number of likely N-dealkylation sites (N-methyl/N-ethyl adjacent to an activating group) is 2. The van der Waals surface area contributed by atoms with Crippen molar-refractivity contribution >= 4 is 5.91 Å². The fourth-order valence-corrected chi connectivity index (χ4v) is 2.61. The Morgan fingerprint density at radius 2 is 1.95 bits per heavy atom.